The van der Waals surface area contributed by atoms with Crippen LogP contribution in [0.2, 0.25) is 0 Å². The molecule has 4 aromatic rings. The van der Waals surface area contributed by atoms with Crippen molar-refractivity contribution in [2.24, 2.45) is 0 Å². The fourth-order valence-electron chi connectivity index (χ4n) is 6.23. The third-order valence-corrected chi connectivity index (χ3v) is 9.30. The molecule has 29 heteroatoms. The highest BCUT2D eigenvalue weighted by Gasteiger charge is 2.48. The Balaban J connectivity index is 0.000000443. The van der Waals surface area contributed by atoms with Crippen molar-refractivity contribution in [3.8, 4) is 23.2 Å². The Labute approximate surface area is 358 Å². The van der Waals surface area contributed by atoms with E-state index in [0.717, 1.165) is 48.0 Å². The van der Waals surface area contributed by atoms with Crippen LogP contribution in [-0.2, 0) is 32.6 Å². The Kier molecular flexibility index (Phi) is 18.0. The lowest BCUT2D eigenvalue weighted by atomic mass is 9.82. The van der Waals surface area contributed by atoms with Crippen molar-refractivity contribution < 1.29 is 87.1 Å². The number of ether oxygens (including phenoxy) is 1. The molecule has 0 aromatic carbocycles. The number of aromatic nitrogens is 7. The number of unbranched alkanes of at least 4 members (excludes halogenated alkanes) is 1. The van der Waals surface area contributed by atoms with Crippen molar-refractivity contribution >= 4 is 28.9 Å². The molecule has 1 aliphatic heterocycles. The average molecular weight is 951 g/mol. The first-order chi connectivity index (χ1) is 30.1. The largest absolute Gasteiger partial charge is 0.490 e. The third-order valence-electron chi connectivity index (χ3n) is 9.30. The van der Waals surface area contributed by atoms with Crippen molar-refractivity contribution in [1.29, 1.82) is 5.26 Å². The molecule has 1 saturated heterocycles. The molecule has 0 spiro atoms. The average Bonchev–Trinajstić information content (AvgIpc) is 3.89. The van der Waals surface area contributed by atoms with Crippen molar-refractivity contribution in [1.82, 2.24) is 44.9 Å². The van der Waals surface area contributed by atoms with E-state index in [1.807, 2.05) is 23.1 Å². The van der Waals surface area contributed by atoms with Gasteiger partial charge < -0.3 is 30.4 Å². The fraction of sp³-hybridized carbons (Fsp3) is 0.528. The molecular weight excluding hydrogens is 912 g/mol. The monoisotopic (exact) mass is 950 g/mol. The van der Waals surface area contributed by atoms with Crippen LogP contribution in [0, 0.1) is 11.3 Å². The Morgan fingerprint density at radius 2 is 1.48 bits per heavy atom. The topological polar surface area (TPSA) is 245 Å². The molecule has 1 saturated carbocycles. The van der Waals surface area contributed by atoms with Crippen LogP contribution >= 0.6 is 0 Å². The number of rotatable bonds is 11. The van der Waals surface area contributed by atoms with Gasteiger partial charge in [0.05, 0.1) is 30.1 Å². The lowest BCUT2D eigenvalue weighted by Crippen LogP contribution is -2.65. The van der Waals surface area contributed by atoms with Gasteiger partial charge in [-0.15, -0.1) is 0 Å². The lowest BCUT2D eigenvalue weighted by Gasteiger charge is -2.53. The summed E-state index contributed by atoms with van der Waals surface area (Å²) in [5, 5.41) is 39.7. The highest BCUT2D eigenvalue weighted by molar-refractivity contribution is 5.90. The molecule has 65 heavy (non-hydrogen) atoms. The number of carbonyl (C=O) groups is 3. The van der Waals surface area contributed by atoms with Gasteiger partial charge in [-0.3, -0.25) is 9.58 Å². The number of halogens is 12. The van der Waals surface area contributed by atoms with Gasteiger partial charge in [-0.25, -0.2) is 29.3 Å². The SMILES string of the molecule is CCCCNCc1cc(O[C@H]2CC[C@@H](N3CC(CC#N)(n4cc(-c5ncnc6[nH]ccc56)cn4)C3)CC2)nc(C(F)(F)F)n1.O=C(O)C(F)(F)F.O=C(O)C(F)(F)F.O=C(O)C(F)(F)F. The molecule has 2 aliphatic rings. The molecule has 0 unspecified atom stereocenters. The molecule has 0 amide bonds. The quantitative estimate of drug-likeness (QED) is 0.0773. The number of nitriles is 1. The molecular formula is C36H38F12N10O7. The van der Waals surface area contributed by atoms with E-state index in [1.165, 1.54) is 12.4 Å². The summed E-state index contributed by atoms with van der Waals surface area (Å²) in [7, 11) is 0. The first kappa shape index (κ1) is 53.0. The standard InChI is InChI=1S/C30H35F3N10O.3C2HF3O2/c1-2-3-11-35-15-21-13-25(41-28(40-21)30(31,32)33)44-23-6-4-22(5-7-23)42-17-29(18-42,9-10-34)43-16-20(14-39-43)26-24-8-12-36-27(24)38-19-37-26;3*3-2(4,5)1(6)7/h8,12-14,16,19,22-23,35H,2-7,9,11,15,17-18H2,1H3,(H,36,37,38);3*(H,6,7)/t22-,23+;;;. The number of nitrogens with zero attached hydrogens (tertiary/aromatic N) is 8. The van der Waals surface area contributed by atoms with E-state index in [2.05, 4.69) is 53.2 Å². The van der Waals surface area contributed by atoms with Crippen molar-refractivity contribution in [2.75, 3.05) is 19.6 Å². The van der Waals surface area contributed by atoms with Crippen LogP contribution in [0.4, 0.5) is 52.7 Å². The Hall–Kier alpha value is -6.31. The number of fused-ring (bicyclic) bond motifs is 1. The van der Waals surface area contributed by atoms with E-state index in [0.29, 0.717) is 44.9 Å². The summed E-state index contributed by atoms with van der Waals surface area (Å²) in [5.41, 5.74) is 2.24. The number of aromatic amines is 1. The summed E-state index contributed by atoms with van der Waals surface area (Å²) in [6.45, 7) is 4.36. The second-order valence-corrected chi connectivity index (χ2v) is 14.1. The maximum absolute atomic E-state index is 13.5. The molecule has 0 bridgehead atoms. The number of hydrogen-bond acceptors (Lipinski definition) is 12. The minimum Gasteiger partial charge on any atom is -0.475 e. The highest BCUT2D eigenvalue weighted by atomic mass is 19.4. The summed E-state index contributed by atoms with van der Waals surface area (Å²) in [4.78, 5) is 48.3. The number of H-pyrrole nitrogens is 1. The van der Waals surface area contributed by atoms with Crippen LogP contribution in [0.1, 0.15) is 63.4 Å². The van der Waals surface area contributed by atoms with Gasteiger partial charge in [0, 0.05) is 55.1 Å². The zero-order chi connectivity index (χ0) is 49.0. The molecule has 4 aromatic heterocycles. The van der Waals surface area contributed by atoms with Gasteiger partial charge in [0.1, 0.15) is 23.6 Å². The fourth-order valence-corrected chi connectivity index (χ4v) is 6.23. The van der Waals surface area contributed by atoms with Gasteiger partial charge in [-0.2, -0.15) is 68.0 Å². The van der Waals surface area contributed by atoms with Gasteiger partial charge in [0.2, 0.25) is 11.7 Å². The summed E-state index contributed by atoms with van der Waals surface area (Å²) >= 11 is 0. The number of alkyl halides is 12. The van der Waals surface area contributed by atoms with E-state index >= 15 is 0 Å². The number of aliphatic carboxylic acids is 3. The van der Waals surface area contributed by atoms with Gasteiger partial charge in [0.25, 0.3) is 0 Å². The molecule has 358 valence electrons. The van der Waals surface area contributed by atoms with Crippen LogP contribution in [0.3, 0.4) is 0 Å². The zero-order valence-corrected chi connectivity index (χ0v) is 33.5. The molecule has 0 atom stereocenters. The van der Waals surface area contributed by atoms with E-state index in [4.69, 9.17) is 34.4 Å². The normalized spacial score (nSPS) is 17.4. The van der Waals surface area contributed by atoms with Crippen LogP contribution in [-0.4, -0.2) is 123 Å². The van der Waals surface area contributed by atoms with Crippen LogP contribution in [0.15, 0.2) is 37.1 Å². The zero-order valence-electron chi connectivity index (χ0n) is 33.5. The molecule has 6 rings (SSSR count). The summed E-state index contributed by atoms with van der Waals surface area (Å²) in [5.74, 6) is -9.48. The smallest absolute Gasteiger partial charge is 0.475 e. The number of carboxylic acid groups (broad SMARTS) is 3. The molecule has 5 heterocycles. The van der Waals surface area contributed by atoms with Crippen LogP contribution in [0.25, 0.3) is 22.3 Å². The second-order valence-electron chi connectivity index (χ2n) is 14.1. The maximum atomic E-state index is 13.5. The van der Waals surface area contributed by atoms with Crippen molar-refractivity contribution in [3.05, 3.63) is 48.6 Å². The molecule has 1 aliphatic carbocycles. The number of hydrogen-bond donors (Lipinski definition) is 5. The maximum Gasteiger partial charge on any atom is 0.490 e. The number of carboxylic acids is 3. The second kappa shape index (κ2) is 22.1. The van der Waals surface area contributed by atoms with Crippen molar-refractivity contribution in [2.45, 2.75) is 101 Å². The summed E-state index contributed by atoms with van der Waals surface area (Å²) in [6.07, 6.45) is -7.70. The molecule has 0 radical (unpaired) electrons. The number of likely N-dealkylation sites (tertiary alicyclic amines) is 1. The number of nitrogens with one attached hydrogen (secondary N) is 2. The predicted octanol–water partition coefficient (Wildman–Crippen LogP) is 6.73. The first-order valence-corrected chi connectivity index (χ1v) is 18.8. The van der Waals surface area contributed by atoms with E-state index in [-0.39, 0.29) is 24.2 Å². The Bertz CT molecular complexity index is 2190. The Morgan fingerprint density at radius 3 is 1.98 bits per heavy atom. The minimum absolute atomic E-state index is 0.0323. The van der Waals surface area contributed by atoms with Gasteiger partial charge in [-0.1, -0.05) is 13.3 Å². The van der Waals surface area contributed by atoms with E-state index < -0.39 is 54.0 Å². The van der Waals surface area contributed by atoms with Gasteiger partial charge in [0.15, 0.2) is 0 Å². The lowest BCUT2D eigenvalue weighted by molar-refractivity contribution is -0.193. The van der Waals surface area contributed by atoms with E-state index in [9.17, 15) is 57.9 Å². The van der Waals surface area contributed by atoms with Crippen molar-refractivity contribution in [3.63, 3.8) is 0 Å². The third kappa shape index (κ3) is 15.7. The molecule has 5 N–H and O–H groups in total. The van der Waals surface area contributed by atoms with Gasteiger partial charge >= 0.3 is 42.6 Å². The van der Waals surface area contributed by atoms with E-state index in [1.54, 1.807) is 6.20 Å². The van der Waals surface area contributed by atoms with Crippen LogP contribution < -0.4 is 10.1 Å². The first-order valence-electron chi connectivity index (χ1n) is 18.8. The van der Waals surface area contributed by atoms with Gasteiger partial charge in [-0.05, 0) is 44.7 Å². The van der Waals surface area contributed by atoms with Crippen LogP contribution in [0.5, 0.6) is 5.88 Å². The Morgan fingerprint density at radius 1 is 0.908 bits per heavy atom. The minimum atomic E-state index is -5.08. The molecule has 2 fully saturated rings. The molecule has 17 nitrogen and oxygen atoms in total. The summed E-state index contributed by atoms with van der Waals surface area (Å²) in [6, 6.07) is 6.08. The highest BCUT2D eigenvalue weighted by Crippen LogP contribution is 2.39. The predicted molar refractivity (Wildman–Crippen MR) is 196 cm³/mol. The summed E-state index contributed by atoms with van der Waals surface area (Å²) < 4.78 is 144.